The van der Waals surface area contributed by atoms with Gasteiger partial charge in [0.15, 0.2) is 0 Å². The Morgan fingerprint density at radius 3 is 2.46 bits per heavy atom. The molecule has 0 radical (unpaired) electrons. The lowest BCUT2D eigenvalue weighted by molar-refractivity contribution is -0.133. The standard InChI is InChI=1S/C21H30O2S/c1-12(22)15-4-5-16-14-11-19(24)18-10-13(23)6-8-21(18,3)17(14)7-9-20(15,16)2/h14-18H,4-11H2,1-3H3/t14?,15?,16?,17?,18?,20-,21-/m1/s1. The van der Waals surface area contributed by atoms with E-state index in [1.165, 1.54) is 24.1 Å². The molecule has 2 nitrogen and oxygen atoms in total. The summed E-state index contributed by atoms with van der Waals surface area (Å²) < 4.78 is 0. The van der Waals surface area contributed by atoms with Gasteiger partial charge in [-0.2, -0.15) is 0 Å². The number of hydrogen-bond donors (Lipinski definition) is 0. The van der Waals surface area contributed by atoms with Crippen molar-refractivity contribution in [2.45, 2.75) is 72.1 Å². The van der Waals surface area contributed by atoms with E-state index in [2.05, 4.69) is 13.8 Å². The molecule has 4 fully saturated rings. The highest BCUT2D eigenvalue weighted by molar-refractivity contribution is 7.80. The summed E-state index contributed by atoms with van der Waals surface area (Å²) in [4.78, 5) is 25.4. The van der Waals surface area contributed by atoms with Crippen LogP contribution in [0.4, 0.5) is 0 Å². The number of fused-ring (bicyclic) bond motifs is 5. The van der Waals surface area contributed by atoms with Crippen LogP contribution in [0.2, 0.25) is 0 Å². The summed E-state index contributed by atoms with van der Waals surface area (Å²) in [5.41, 5.74) is 0.417. The Labute approximate surface area is 151 Å². The maximum atomic E-state index is 12.2. The van der Waals surface area contributed by atoms with Crippen molar-refractivity contribution in [2.75, 3.05) is 0 Å². The van der Waals surface area contributed by atoms with Gasteiger partial charge in [-0.25, -0.2) is 0 Å². The summed E-state index contributed by atoms with van der Waals surface area (Å²) >= 11 is 5.85. The molecule has 132 valence electrons. The lowest BCUT2D eigenvalue weighted by Gasteiger charge is -2.60. The van der Waals surface area contributed by atoms with Crippen molar-refractivity contribution in [2.24, 2.45) is 40.4 Å². The molecule has 0 heterocycles. The predicted octanol–water partition coefficient (Wildman–Crippen LogP) is 4.78. The van der Waals surface area contributed by atoms with Crippen molar-refractivity contribution in [3.05, 3.63) is 0 Å². The van der Waals surface area contributed by atoms with Gasteiger partial charge in [0.25, 0.3) is 0 Å². The minimum Gasteiger partial charge on any atom is -0.300 e. The van der Waals surface area contributed by atoms with Gasteiger partial charge in [0, 0.05) is 24.7 Å². The van der Waals surface area contributed by atoms with Gasteiger partial charge in [0.2, 0.25) is 0 Å². The molecular weight excluding hydrogens is 316 g/mol. The SMILES string of the molecule is CC(=O)C1CCC2C3CC(=S)C4CC(=O)CC[C@]4(C)C3CC[C@]12C. The Hall–Kier alpha value is -0.570. The Bertz CT molecular complexity index is 611. The third-order valence-corrected chi connectivity index (χ3v) is 9.22. The molecule has 0 aliphatic heterocycles. The van der Waals surface area contributed by atoms with Crippen molar-refractivity contribution < 1.29 is 9.59 Å². The minimum absolute atomic E-state index is 0.191. The fourth-order valence-corrected chi connectivity index (χ4v) is 8.05. The van der Waals surface area contributed by atoms with Crippen molar-refractivity contribution in [1.29, 1.82) is 0 Å². The second kappa shape index (κ2) is 5.46. The van der Waals surface area contributed by atoms with Crippen molar-refractivity contribution in [1.82, 2.24) is 0 Å². The van der Waals surface area contributed by atoms with Crippen LogP contribution in [0.25, 0.3) is 0 Å². The first-order valence-electron chi connectivity index (χ1n) is 9.82. The molecule has 0 N–H and O–H groups in total. The molecule has 0 bridgehead atoms. The zero-order valence-corrected chi connectivity index (χ0v) is 16.1. The number of thiocarbonyl (C=S) groups is 1. The normalized spacial score (nSPS) is 50.9. The quantitative estimate of drug-likeness (QED) is 0.641. The van der Waals surface area contributed by atoms with E-state index in [9.17, 15) is 9.59 Å². The zero-order valence-electron chi connectivity index (χ0n) is 15.3. The van der Waals surface area contributed by atoms with Gasteiger partial charge in [0.05, 0.1) is 0 Å². The molecule has 24 heavy (non-hydrogen) atoms. The van der Waals surface area contributed by atoms with Crippen LogP contribution in [-0.4, -0.2) is 16.4 Å². The highest BCUT2D eigenvalue weighted by Crippen LogP contribution is 2.66. The molecule has 4 aliphatic carbocycles. The van der Waals surface area contributed by atoms with Crippen molar-refractivity contribution in [3.63, 3.8) is 0 Å². The Morgan fingerprint density at radius 1 is 1.04 bits per heavy atom. The van der Waals surface area contributed by atoms with Gasteiger partial charge >= 0.3 is 0 Å². The molecule has 0 amide bonds. The average Bonchev–Trinajstić information content (AvgIpc) is 2.87. The average molecular weight is 347 g/mol. The second-order valence-corrected chi connectivity index (χ2v) is 10.2. The lowest BCUT2D eigenvalue weighted by Crippen LogP contribution is -2.56. The minimum atomic E-state index is 0.191. The number of hydrogen-bond acceptors (Lipinski definition) is 3. The second-order valence-electron chi connectivity index (χ2n) is 9.63. The van der Waals surface area contributed by atoms with E-state index in [0.29, 0.717) is 41.7 Å². The van der Waals surface area contributed by atoms with Gasteiger partial charge in [-0.15, -0.1) is 0 Å². The van der Waals surface area contributed by atoms with Crippen LogP contribution in [0.15, 0.2) is 0 Å². The largest absolute Gasteiger partial charge is 0.300 e. The fourth-order valence-electron chi connectivity index (χ4n) is 7.50. The number of Topliss-reactive ketones (excluding diaryl/α,β-unsaturated/α-hetero) is 2. The van der Waals surface area contributed by atoms with Gasteiger partial charge in [0.1, 0.15) is 11.6 Å². The first kappa shape index (κ1) is 16.9. The molecule has 4 aliphatic rings. The molecule has 0 spiro atoms. The molecule has 0 aromatic heterocycles. The molecule has 3 heteroatoms. The molecule has 0 aromatic carbocycles. The van der Waals surface area contributed by atoms with Crippen LogP contribution in [0.5, 0.6) is 0 Å². The van der Waals surface area contributed by atoms with Gasteiger partial charge in [-0.1, -0.05) is 26.1 Å². The maximum absolute atomic E-state index is 12.2. The molecule has 0 aromatic rings. The lowest BCUT2D eigenvalue weighted by atomic mass is 9.44. The molecule has 4 rings (SSSR count). The molecular formula is C21H30O2S. The highest BCUT2D eigenvalue weighted by Gasteiger charge is 2.61. The van der Waals surface area contributed by atoms with Crippen molar-refractivity contribution >= 4 is 28.6 Å². The van der Waals surface area contributed by atoms with Crippen LogP contribution in [0, 0.1) is 40.4 Å². The molecule has 4 saturated carbocycles. The van der Waals surface area contributed by atoms with Gasteiger partial charge in [-0.3, -0.25) is 9.59 Å². The molecule has 5 unspecified atom stereocenters. The fraction of sp³-hybridized carbons (Fsp3) is 0.857. The Kier molecular flexibility index (Phi) is 3.84. The van der Waals surface area contributed by atoms with E-state index < -0.39 is 0 Å². The summed E-state index contributed by atoms with van der Waals surface area (Å²) in [6, 6.07) is 0. The van der Waals surface area contributed by atoms with Crippen LogP contribution in [-0.2, 0) is 9.59 Å². The Morgan fingerprint density at radius 2 is 1.75 bits per heavy atom. The number of carbonyl (C=O) groups excluding carboxylic acids is 2. The zero-order chi connectivity index (χ0) is 17.3. The molecule has 0 saturated heterocycles. The summed E-state index contributed by atoms with van der Waals surface area (Å²) in [7, 11) is 0. The van der Waals surface area contributed by atoms with E-state index in [4.69, 9.17) is 12.2 Å². The van der Waals surface area contributed by atoms with E-state index in [0.717, 1.165) is 25.7 Å². The molecule has 7 atom stereocenters. The van der Waals surface area contributed by atoms with Gasteiger partial charge < -0.3 is 0 Å². The van der Waals surface area contributed by atoms with Crippen LogP contribution < -0.4 is 0 Å². The van der Waals surface area contributed by atoms with Crippen LogP contribution in [0.3, 0.4) is 0 Å². The number of rotatable bonds is 1. The highest BCUT2D eigenvalue weighted by atomic mass is 32.1. The third kappa shape index (κ3) is 2.15. The van der Waals surface area contributed by atoms with E-state index in [1.807, 2.05) is 0 Å². The van der Waals surface area contributed by atoms with Gasteiger partial charge in [-0.05, 0) is 78.9 Å². The van der Waals surface area contributed by atoms with E-state index in [1.54, 1.807) is 6.92 Å². The smallest absolute Gasteiger partial charge is 0.133 e. The summed E-state index contributed by atoms with van der Waals surface area (Å²) in [5.74, 6) is 3.40. The summed E-state index contributed by atoms with van der Waals surface area (Å²) in [6.07, 6.45) is 8.18. The maximum Gasteiger partial charge on any atom is 0.133 e. The summed E-state index contributed by atoms with van der Waals surface area (Å²) in [6.45, 7) is 6.60. The number of ketones is 2. The first-order valence-corrected chi connectivity index (χ1v) is 10.2. The Balaban J connectivity index is 1.68. The van der Waals surface area contributed by atoms with E-state index >= 15 is 0 Å². The summed E-state index contributed by atoms with van der Waals surface area (Å²) in [5, 5.41) is 0. The van der Waals surface area contributed by atoms with Crippen molar-refractivity contribution in [3.8, 4) is 0 Å². The first-order chi connectivity index (χ1) is 11.3. The predicted molar refractivity (Wildman–Crippen MR) is 98.9 cm³/mol. The van der Waals surface area contributed by atoms with Crippen LogP contribution in [0.1, 0.15) is 72.1 Å². The number of carbonyl (C=O) groups is 2. The van der Waals surface area contributed by atoms with Crippen LogP contribution >= 0.6 is 12.2 Å². The topological polar surface area (TPSA) is 34.1 Å². The third-order valence-electron chi connectivity index (χ3n) is 8.77. The monoisotopic (exact) mass is 346 g/mol. The van der Waals surface area contributed by atoms with E-state index in [-0.39, 0.29) is 16.7 Å².